The maximum atomic E-state index is 12.0. The molecular weight excluding hydrogens is 336 g/mol. The van der Waals surface area contributed by atoms with Crippen molar-refractivity contribution in [2.24, 2.45) is 0 Å². The Bertz CT molecular complexity index is 690. The molecule has 6 heteroatoms. The predicted octanol–water partition coefficient (Wildman–Crippen LogP) is 1.76. The van der Waals surface area contributed by atoms with E-state index in [9.17, 15) is 13.2 Å². The van der Waals surface area contributed by atoms with E-state index in [1.54, 1.807) is 0 Å². The van der Waals surface area contributed by atoms with Gasteiger partial charge in [-0.25, -0.2) is 8.42 Å². The second kappa shape index (κ2) is 7.87. The molecular formula is C19H30N2O3S. The molecule has 140 valence electrons. The lowest BCUT2D eigenvalue weighted by molar-refractivity contribution is -0.122. The van der Waals surface area contributed by atoms with E-state index in [1.165, 1.54) is 11.1 Å². The van der Waals surface area contributed by atoms with Crippen LogP contribution < -0.4 is 5.32 Å². The van der Waals surface area contributed by atoms with E-state index in [0.29, 0.717) is 13.0 Å². The van der Waals surface area contributed by atoms with E-state index in [2.05, 4.69) is 50.4 Å². The van der Waals surface area contributed by atoms with Gasteiger partial charge in [-0.05, 0) is 36.4 Å². The van der Waals surface area contributed by atoms with Crippen molar-refractivity contribution in [3.8, 4) is 0 Å². The molecule has 0 radical (unpaired) electrons. The molecule has 0 aliphatic carbocycles. The Hall–Kier alpha value is -1.40. The monoisotopic (exact) mass is 366 g/mol. The van der Waals surface area contributed by atoms with Gasteiger partial charge < -0.3 is 5.32 Å². The summed E-state index contributed by atoms with van der Waals surface area (Å²) in [7, 11) is -1.10. The number of amides is 1. The summed E-state index contributed by atoms with van der Waals surface area (Å²) in [6.45, 7) is 7.39. The Labute approximate surface area is 151 Å². The van der Waals surface area contributed by atoms with Crippen molar-refractivity contribution in [2.45, 2.75) is 45.1 Å². The summed E-state index contributed by atoms with van der Waals surface area (Å²) < 4.78 is 23.0. The molecule has 1 aliphatic heterocycles. The minimum Gasteiger partial charge on any atom is -0.355 e. The van der Waals surface area contributed by atoms with Crippen LogP contribution in [0.1, 0.15) is 38.3 Å². The van der Waals surface area contributed by atoms with Crippen molar-refractivity contribution in [1.82, 2.24) is 10.2 Å². The number of benzene rings is 1. The molecule has 25 heavy (non-hydrogen) atoms. The van der Waals surface area contributed by atoms with E-state index in [-0.39, 0.29) is 35.4 Å². The zero-order chi connectivity index (χ0) is 18.7. The smallest absolute Gasteiger partial charge is 0.234 e. The van der Waals surface area contributed by atoms with Crippen LogP contribution in [0.2, 0.25) is 0 Å². The highest BCUT2D eigenvalue weighted by molar-refractivity contribution is 7.91. The lowest BCUT2D eigenvalue weighted by Crippen LogP contribution is -2.41. The van der Waals surface area contributed by atoms with Crippen molar-refractivity contribution in [3.05, 3.63) is 35.4 Å². The lowest BCUT2D eigenvalue weighted by atomic mass is 9.86. The van der Waals surface area contributed by atoms with E-state index < -0.39 is 9.84 Å². The normalized spacial score (nSPS) is 20.0. The Kier molecular flexibility index (Phi) is 6.27. The van der Waals surface area contributed by atoms with E-state index in [4.69, 9.17) is 0 Å². The van der Waals surface area contributed by atoms with Crippen LogP contribution in [0.3, 0.4) is 0 Å². The standard InChI is InChI=1S/C19H30N2O3S/c1-19(2,3)16-7-5-15(6-8-16)9-11-20-18(22)13-21(4)17-10-12-25(23,24)14-17/h5-8,17H,9-14H2,1-4H3,(H,20,22). The maximum Gasteiger partial charge on any atom is 0.234 e. The number of hydrogen-bond acceptors (Lipinski definition) is 4. The number of carbonyl (C=O) groups excluding carboxylic acids is 1. The van der Waals surface area contributed by atoms with Crippen molar-refractivity contribution < 1.29 is 13.2 Å². The van der Waals surface area contributed by atoms with Gasteiger partial charge in [-0.3, -0.25) is 9.69 Å². The molecule has 2 rings (SSSR count). The van der Waals surface area contributed by atoms with E-state index >= 15 is 0 Å². The molecule has 0 saturated carbocycles. The van der Waals surface area contributed by atoms with E-state index in [0.717, 1.165) is 6.42 Å². The SMILES string of the molecule is CN(CC(=O)NCCc1ccc(C(C)(C)C)cc1)C1CCS(=O)(=O)C1. The average molecular weight is 367 g/mol. The molecule has 1 fully saturated rings. The Morgan fingerprint density at radius 2 is 1.88 bits per heavy atom. The quantitative estimate of drug-likeness (QED) is 0.833. The molecule has 5 nitrogen and oxygen atoms in total. The van der Waals surface area contributed by atoms with Crippen LogP contribution in [0.15, 0.2) is 24.3 Å². The first kappa shape index (κ1) is 19.9. The molecule has 1 atom stereocenters. The number of rotatable bonds is 6. The molecule has 0 bridgehead atoms. The van der Waals surface area contributed by atoms with Gasteiger partial charge in [0, 0.05) is 12.6 Å². The van der Waals surface area contributed by atoms with Gasteiger partial charge in [-0.1, -0.05) is 45.0 Å². The molecule has 0 spiro atoms. The second-order valence-corrected chi connectivity index (χ2v) is 10.2. The van der Waals surface area contributed by atoms with Crippen molar-refractivity contribution in [2.75, 3.05) is 31.6 Å². The van der Waals surface area contributed by atoms with Gasteiger partial charge in [0.2, 0.25) is 5.91 Å². The van der Waals surface area contributed by atoms with Gasteiger partial charge in [0.1, 0.15) is 0 Å². The summed E-state index contributed by atoms with van der Waals surface area (Å²) in [4.78, 5) is 13.9. The molecule has 1 unspecified atom stereocenters. The van der Waals surface area contributed by atoms with E-state index in [1.807, 2.05) is 11.9 Å². The van der Waals surface area contributed by atoms with Gasteiger partial charge in [-0.2, -0.15) is 0 Å². The molecule has 1 aliphatic rings. The predicted molar refractivity (Wildman–Crippen MR) is 102 cm³/mol. The fraction of sp³-hybridized carbons (Fsp3) is 0.632. The largest absolute Gasteiger partial charge is 0.355 e. The summed E-state index contributed by atoms with van der Waals surface area (Å²) in [5.41, 5.74) is 2.64. The molecule has 1 heterocycles. The zero-order valence-corrected chi connectivity index (χ0v) is 16.5. The molecule has 1 saturated heterocycles. The third-order valence-corrected chi connectivity index (χ3v) is 6.53. The number of nitrogens with zero attached hydrogens (tertiary/aromatic N) is 1. The Morgan fingerprint density at radius 3 is 2.40 bits per heavy atom. The third kappa shape index (κ3) is 6.12. The second-order valence-electron chi connectivity index (χ2n) is 8.02. The highest BCUT2D eigenvalue weighted by Crippen LogP contribution is 2.22. The molecule has 1 aromatic carbocycles. The molecule has 0 aromatic heterocycles. The van der Waals surface area contributed by atoms with Crippen LogP contribution in [0.25, 0.3) is 0 Å². The average Bonchev–Trinajstić information content (AvgIpc) is 2.87. The van der Waals surface area contributed by atoms with Gasteiger partial charge >= 0.3 is 0 Å². The Balaban J connectivity index is 1.73. The molecule has 1 N–H and O–H groups in total. The number of likely N-dealkylation sites (N-methyl/N-ethyl adjacent to an activating group) is 1. The first-order valence-electron chi connectivity index (χ1n) is 8.83. The van der Waals surface area contributed by atoms with Gasteiger partial charge in [-0.15, -0.1) is 0 Å². The first-order valence-corrected chi connectivity index (χ1v) is 10.7. The van der Waals surface area contributed by atoms with Crippen LogP contribution >= 0.6 is 0 Å². The summed E-state index contributed by atoms with van der Waals surface area (Å²) in [6.07, 6.45) is 1.41. The highest BCUT2D eigenvalue weighted by atomic mass is 32.2. The van der Waals surface area contributed by atoms with Crippen molar-refractivity contribution in [1.29, 1.82) is 0 Å². The fourth-order valence-electron chi connectivity index (χ4n) is 3.05. The minimum atomic E-state index is -2.92. The summed E-state index contributed by atoms with van der Waals surface area (Å²) in [5, 5.41) is 2.92. The van der Waals surface area contributed by atoms with Gasteiger partial charge in [0.15, 0.2) is 9.84 Å². The van der Waals surface area contributed by atoms with Crippen LogP contribution in [0.5, 0.6) is 0 Å². The Morgan fingerprint density at radius 1 is 1.24 bits per heavy atom. The van der Waals surface area contributed by atoms with Gasteiger partial charge in [0.05, 0.1) is 18.1 Å². The zero-order valence-electron chi connectivity index (χ0n) is 15.7. The number of carbonyl (C=O) groups is 1. The summed E-state index contributed by atoms with van der Waals surface area (Å²) >= 11 is 0. The van der Waals surface area contributed by atoms with Gasteiger partial charge in [0.25, 0.3) is 0 Å². The third-order valence-electron chi connectivity index (χ3n) is 4.78. The fourth-order valence-corrected chi connectivity index (χ4v) is 4.86. The maximum absolute atomic E-state index is 12.0. The molecule has 1 aromatic rings. The number of nitrogens with one attached hydrogen (secondary N) is 1. The van der Waals surface area contributed by atoms with Crippen molar-refractivity contribution in [3.63, 3.8) is 0 Å². The topological polar surface area (TPSA) is 66.5 Å². The number of hydrogen-bond donors (Lipinski definition) is 1. The highest BCUT2D eigenvalue weighted by Gasteiger charge is 2.31. The van der Waals surface area contributed by atoms with Crippen LogP contribution in [-0.2, 0) is 26.5 Å². The lowest BCUT2D eigenvalue weighted by Gasteiger charge is -2.22. The van der Waals surface area contributed by atoms with Crippen LogP contribution in [0, 0.1) is 0 Å². The molecule has 1 amide bonds. The summed E-state index contributed by atoms with van der Waals surface area (Å²) in [5.74, 6) is 0.337. The first-order chi connectivity index (χ1) is 11.6. The van der Waals surface area contributed by atoms with Crippen LogP contribution in [-0.4, -0.2) is 56.9 Å². The minimum absolute atomic E-state index is 0.0410. The van der Waals surface area contributed by atoms with Crippen LogP contribution in [0.4, 0.5) is 0 Å². The van der Waals surface area contributed by atoms with Crippen molar-refractivity contribution >= 4 is 15.7 Å². The summed E-state index contributed by atoms with van der Waals surface area (Å²) in [6, 6.07) is 8.47. The number of sulfone groups is 1.